The van der Waals surface area contributed by atoms with Gasteiger partial charge in [0.1, 0.15) is 17.0 Å². The van der Waals surface area contributed by atoms with Crippen molar-refractivity contribution in [2.45, 2.75) is 83.5 Å². The molecular formula is C22H33N3O6. The predicted molar refractivity (Wildman–Crippen MR) is 114 cm³/mol. The zero-order valence-electron chi connectivity index (χ0n) is 19.6. The summed E-state index contributed by atoms with van der Waals surface area (Å²) >= 11 is 0. The van der Waals surface area contributed by atoms with Gasteiger partial charge in [0, 0.05) is 25.8 Å². The van der Waals surface area contributed by atoms with Crippen LogP contribution in [0.4, 0.5) is 15.4 Å². The van der Waals surface area contributed by atoms with Crippen molar-refractivity contribution in [1.29, 1.82) is 0 Å². The summed E-state index contributed by atoms with van der Waals surface area (Å²) in [7, 11) is 3.07. The Morgan fingerprint density at radius 2 is 1.55 bits per heavy atom. The lowest BCUT2D eigenvalue weighted by Gasteiger charge is -2.56. The van der Waals surface area contributed by atoms with E-state index >= 15 is 0 Å². The number of pyridine rings is 1. The number of rotatable bonds is 4. The summed E-state index contributed by atoms with van der Waals surface area (Å²) in [6.45, 7) is 10.6. The van der Waals surface area contributed by atoms with Gasteiger partial charge in [0.15, 0.2) is 0 Å². The second-order valence-corrected chi connectivity index (χ2v) is 10.0. The number of nitrogens with one attached hydrogen (secondary N) is 1. The number of anilines is 1. The highest BCUT2D eigenvalue weighted by atomic mass is 16.7. The molecular weight excluding hydrogens is 402 g/mol. The molecule has 2 bridgehead atoms. The van der Waals surface area contributed by atoms with Crippen molar-refractivity contribution < 1.29 is 28.5 Å². The van der Waals surface area contributed by atoms with Gasteiger partial charge in [-0.15, -0.1) is 0 Å². The molecule has 31 heavy (non-hydrogen) atoms. The molecule has 2 aliphatic heterocycles. The molecule has 4 rings (SSSR count). The largest absolute Gasteiger partial charge is 0.443 e. The van der Waals surface area contributed by atoms with E-state index in [9.17, 15) is 9.59 Å². The Bertz CT molecular complexity index is 820. The van der Waals surface area contributed by atoms with Crippen molar-refractivity contribution in [3.8, 4) is 0 Å². The van der Waals surface area contributed by atoms with E-state index in [-0.39, 0.29) is 6.04 Å². The molecule has 1 saturated carbocycles. The van der Waals surface area contributed by atoms with E-state index in [4.69, 9.17) is 18.9 Å². The minimum atomic E-state index is -0.892. The van der Waals surface area contributed by atoms with Crippen LogP contribution in [0.5, 0.6) is 0 Å². The number of nitrogens with zero attached hydrogens (tertiary/aromatic N) is 2. The van der Waals surface area contributed by atoms with Crippen molar-refractivity contribution in [1.82, 2.24) is 9.88 Å². The number of imide groups is 1. The number of methoxy groups -OCH3 is 2. The molecule has 172 valence electrons. The molecule has 1 aliphatic carbocycles. The minimum Gasteiger partial charge on any atom is -0.443 e. The van der Waals surface area contributed by atoms with Crippen molar-refractivity contribution in [3.05, 3.63) is 23.4 Å². The number of carbonyl (C=O) groups excluding carboxylic acids is 2. The first kappa shape index (κ1) is 23.3. The van der Waals surface area contributed by atoms with Gasteiger partial charge < -0.3 is 24.3 Å². The predicted octanol–water partition coefficient (Wildman–Crippen LogP) is 4.33. The molecule has 9 nitrogen and oxygen atoms in total. The number of ether oxygens (including phenoxy) is 4. The van der Waals surface area contributed by atoms with E-state index in [1.165, 1.54) is 14.2 Å². The normalized spacial score (nSPS) is 22.2. The van der Waals surface area contributed by atoms with Crippen LogP contribution in [0.3, 0.4) is 0 Å². The lowest BCUT2D eigenvalue weighted by Crippen LogP contribution is -2.66. The molecule has 1 aromatic rings. The first-order valence-electron chi connectivity index (χ1n) is 10.4. The molecule has 1 N–H and O–H groups in total. The third kappa shape index (κ3) is 4.62. The number of hydrogen-bond donors (Lipinski definition) is 1. The van der Waals surface area contributed by atoms with Gasteiger partial charge in [0.05, 0.1) is 11.2 Å². The molecule has 0 aromatic carbocycles. The molecule has 0 saturated heterocycles. The Kier molecular flexibility index (Phi) is 5.96. The van der Waals surface area contributed by atoms with Gasteiger partial charge in [-0.3, -0.25) is 0 Å². The van der Waals surface area contributed by atoms with E-state index in [0.717, 1.165) is 10.5 Å². The molecule has 0 spiro atoms. The molecule has 0 atom stereocenters. The van der Waals surface area contributed by atoms with Crippen molar-refractivity contribution in [2.75, 3.05) is 19.5 Å². The summed E-state index contributed by atoms with van der Waals surface area (Å²) in [6, 6.07) is 3.71. The van der Waals surface area contributed by atoms with Crippen molar-refractivity contribution in [2.24, 2.45) is 0 Å². The van der Waals surface area contributed by atoms with Crippen LogP contribution in [0.25, 0.3) is 0 Å². The summed E-state index contributed by atoms with van der Waals surface area (Å²) in [6.07, 6.45) is -0.976. The van der Waals surface area contributed by atoms with E-state index < -0.39 is 35.2 Å². The summed E-state index contributed by atoms with van der Waals surface area (Å²) in [5.41, 5.74) is -1.09. The summed E-state index contributed by atoms with van der Waals surface area (Å²) in [4.78, 5) is 32.2. The number of aromatic nitrogens is 1. The molecule has 1 fully saturated rings. The average Bonchev–Trinajstić information content (AvgIpc) is 2.58. The fraction of sp³-hybridized carbons (Fsp3) is 0.682. The summed E-state index contributed by atoms with van der Waals surface area (Å²) in [5, 5.41) is 3.37. The lowest BCUT2D eigenvalue weighted by molar-refractivity contribution is -0.108. The van der Waals surface area contributed by atoms with E-state index in [1.807, 2.05) is 6.07 Å². The highest BCUT2D eigenvalue weighted by molar-refractivity contribution is 5.90. The average molecular weight is 436 g/mol. The highest BCUT2D eigenvalue weighted by Crippen LogP contribution is 2.54. The smallest absolute Gasteiger partial charge is 0.420 e. The van der Waals surface area contributed by atoms with Crippen LogP contribution in [0.1, 0.15) is 71.9 Å². The molecule has 0 radical (unpaired) electrons. The van der Waals surface area contributed by atoms with Gasteiger partial charge >= 0.3 is 12.2 Å². The Morgan fingerprint density at radius 1 is 1.03 bits per heavy atom. The molecule has 1 aromatic heterocycles. The zero-order valence-corrected chi connectivity index (χ0v) is 19.6. The van der Waals surface area contributed by atoms with Crippen LogP contribution in [-0.2, 0) is 24.5 Å². The van der Waals surface area contributed by atoms with E-state index in [2.05, 4.69) is 10.3 Å². The molecule has 3 aliphatic rings. The second kappa shape index (κ2) is 7.94. The van der Waals surface area contributed by atoms with Crippen LogP contribution in [0, 0.1) is 0 Å². The second-order valence-electron chi connectivity index (χ2n) is 10.0. The lowest BCUT2D eigenvalue weighted by atomic mass is 9.64. The van der Waals surface area contributed by atoms with Gasteiger partial charge in [0.25, 0.3) is 0 Å². The topological polar surface area (TPSA) is 99.2 Å². The standard InChI is InChI=1S/C22H33N3O6/c1-20(2,3)30-18(26)25(19(27)31-21(4,5)6)22-11-13(12-22)23-16-14(22)9-10-15(24-16)17(28-7)29-8/h9-10,13,17H,11-12H2,1-8H3,(H,23,24). The highest BCUT2D eigenvalue weighted by Gasteiger charge is 2.60. The SMILES string of the molecule is COC(OC)c1ccc2c(n1)NC1CC2(N(C(=O)OC(C)(C)C)C(=O)OC(C)(C)C)C1. The molecule has 2 amide bonds. The van der Waals surface area contributed by atoms with Crippen LogP contribution in [0.15, 0.2) is 12.1 Å². The van der Waals surface area contributed by atoms with Gasteiger partial charge in [-0.05, 0) is 60.5 Å². The van der Waals surface area contributed by atoms with Crippen molar-refractivity contribution >= 4 is 18.0 Å². The van der Waals surface area contributed by atoms with Crippen LogP contribution in [-0.4, -0.2) is 53.5 Å². The first-order valence-corrected chi connectivity index (χ1v) is 10.4. The number of amides is 2. The minimum absolute atomic E-state index is 0.0752. The van der Waals surface area contributed by atoms with Crippen molar-refractivity contribution in [3.63, 3.8) is 0 Å². The van der Waals surface area contributed by atoms with Gasteiger partial charge in [-0.2, -0.15) is 0 Å². The fourth-order valence-corrected chi connectivity index (χ4v) is 4.04. The Morgan fingerprint density at radius 3 is 2.00 bits per heavy atom. The zero-order chi connectivity index (χ0) is 23.2. The van der Waals surface area contributed by atoms with Gasteiger partial charge in [-0.1, -0.05) is 6.07 Å². The monoisotopic (exact) mass is 435 g/mol. The van der Waals surface area contributed by atoms with Gasteiger partial charge in [-0.25, -0.2) is 19.5 Å². The van der Waals surface area contributed by atoms with Crippen LogP contribution < -0.4 is 5.32 Å². The fourth-order valence-electron chi connectivity index (χ4n) is 4.04. The third-order valence-electron chi connectivity index (χ3n) is 5.18. The van der Waals surface area contributed by atoms with E-state index in [1.54, 1.807) is 47.6 Å². The quantitative estimate of drug-likeness (QED) is 0.698. The maximum Gasteiger partial charge on any atom is 0.420 e. The van der Waals surface area contributed by atoms with Crippen LogP contribution in [0.2, 0.25) is 0 Å². The summed E-state index contributed by atoms with van der Waals surface area (Å²) < 4.78 is 21.8. The maximum absolute atomic E-state index is 13.2. The number of hydrogen-bond acceptors (Lipinski definition) is 8. The number of carbonyl (C=O) groups is 2. The molecule has 3 heterocycles. The first-order chi connectivity index (χ1) is 14.3. The van der Waals surface area contributed by atoms with Gasteiger partial charge in [0.2, 0.25) is 6.29 Å². The van der Waals surface area contributed by atoms with Crippen LogP contribution >= 0.6 is 0 Å². The third-order valence-corrected chi connectivity index (χ3v) is 5.18. The molecule has 9 heteroatoms. The Labute approximate surface area is 183 Å². The summed E-state index contributed by atoms with van der Waals surface area (Å²) in [5.74, 6) is 0.594. The Hall–Kier alpha value is -2.39. The van der Waals surface area contributed by atoms with E-state index in [0.29, 0.717) is 24.4 Å². The maximum atomic E-state index is 13.2. The molecule has 0 unspecified atom stereocenters. The Balaban J connectivity index is 2.04.